The fraction of sp³-hybridized carbons (Fsp3) is 0.500. The Morgan fingerprint density at radius 2 is 2.15 bits per heavy atom. The molecule has 0 saturated carbocycles. The van der Waals surface area contributed by atoms with Crippen molar-refractivity contribution < 1.29 is 0 Å². The van der Waals surface area contributed by atoms with Gasteiger partial charge in [0.2, 0.25) is 0 Å². The minimum atomic E-state index is 0. The topological polar surface area (TPSA) is 47.9 Å². The minimum absolute atomic E-state index is 0. The molecule has 3 heteroatoms. The van der Waals surface area contributed by atoms with Gasteiger partial charge in [0.25, 0.3) is 0 Å². The van der Waals surface area contributed by atoms with E-state index < -0.39 is 0 Å². The molecule has 0 amide bonds. The monoisotopic (exact) mass is 198 g/mol. The molecule has 0 bridgehead atoms. The van der Waals surface area contributed by atoms with E-state index in [0.717, 1.165) is 5.03 Å². The summed E-state index contributed by atoms with van der Waals surface area (Å²) in [5.74, 6) is 1.20. The van der Waals surface area contributed by atoms with Gasteiger partial charge < -0.3 is 6.15 Å². The second-order valence-electron chi connectivity index (χ2n) is 2.72. The van der Waals surface area contributed by atoms with Gasteiger partial charge in [-0.15, -0.1) is 11.8 Å². The number of aromatic nitrogens is 1. The van der Waals surface area contributed by atoms with E-state index in [0.29, 0.717) is 0 Å². The van der Waals surface area contributed by atoms with Gasteiger partial charge >= 0.3 is 0 Å². The maximum Gasteiger partial charge on any atom is 0.0959 e. The smallest absolute Gasteiger partial charge is 0.0959 e. The molecule has 0 aliphatic heterocycles. The maximum absolute atomic E-state index is 4.24. The number of hydrogen-bond donors (Lipinski definition) is 1. The van der Waals surface area contributed by atoms with Crippen LogP contribution in [0, 0.1) is 0 Å². The SMILES string of the molecule is CCCCCSc1ccccn1.N. The summed E-state index contributed by atoms with van der Waals surface area (Å²) in [4.78, 5) is 4.24. The molecule has 13 heavy (non-hydrogen) atoms. The molecule has 0 spiro atoms. The van der Waals surface area contributed by atoms with E-state index in [-0.39, 0.29) is 6.15 Å². The molecule has 1 heterocycles. The summed E-state index contributed by atoms with van der Waals surface area (Å²) in [5, 5.41) is 1.15. The third-order valence-electron chi connectivity index (χ3n) is 1.64. The summed E-state index contributed by atoms with van der Waals surface area (Å²) in [6.07, 6.45) is 5.78. The van der Waals surface area contributed by atoms with Gasteiger partial charge in [0, 0.05) is 6.20 Å². The first kappa shape index (κ1) is 12.5. The Kier molecular flexibility index (Phi) is 7.74. The number of hydrogen-bond acceptors (Lipinski definition) is 3. The van der Waals surface area contributed by atoms with Gasteiger partial charge in [0.05, 0.1) is 5.03 Å². The van der Waals surface area contributed by atoms with Crippen molar-refractivity contribution in [1.82, 2.24) is 11.1 Å². The van der Waals surface area contributed by atoms with Crippen molar-refractivity contribution in [1.29, 1.82) is 0 Å². The van der Waals surface area contributed by atoms with E-state index >= 15 is 0 Å². The molecular formula is C10H18N2S. The summed E-state index contributed by atoms with van der Waals surface area (Å²) in [6, 6.07) is 6.06. The van der Waals surface area contributed by atoms with Gasteiger partial charge in [0.15, 0.2) is 0 Å². The molecule has 74 valence electrons. The largest absolute Gasteiger partial charge is 0.344 e. The van der Waals surface area contributed by atoms with Crippen molar-refractivity contribution in [2.75, 3.05) is 5.75 Å². The molecular weight excluding hydrogens is 180 g/mol. The predicted octanol–water partition coefficient (Wildman–Crippen LogP) is 3.53. The Hall–Kier alpha value is -0.540. The van der Waals surface area contributed by atoms with Gasteiger partial charge in [-0.25, -0.2) is 4.98 Å². The Bertz CT molecular complexity index is 201. The molecule has 0 aliphatic rings. The van der Waals surface area contributed by atoms with Crippen LogP contribution in [0.3, 0.4) is 0 Å². The minimum Gasteiger partial charge on any atom is -0.344 e. The Morgan fingerprint density at radius 3 is 2.77 bits per heavy atom. The van der Waals surface area contributed by atoms with Crippen LogP contribution in [0.5, 0.6) is 0 Å². The molecule has 1 aromatic rings. The van der Waals surface area contributed by atoms with Gasteiger partial charge in [0.1, 0.15) is 0 Å². The number of thioether (sulfide) groups is 1. The van der Waals surface area contributed by atoms with Crippen LogP contribution in [0.2, 0.25) is 0 Å². The lowest BCUT2D eigenvalue weighted by atomic mass is 10.3. The molecule has 2 nitrogen and oxygen atoms in total. The van der Waals surface area contributed by atoms with Gasteiger partial charge in [-0.2, -0.15) is 0 Å². The van der Waals surface area contributed by atoms with E-state index in [1.807, 2.05) is 30.1 Å². The molecule has 1 aromatic heterocycles. The summed E-state index contributed by atoms with van der Waals surface area (Å²) >= 11 is 1.85. The zero-order chi connectivity index (χ0) is 8.65. The van der Waals surface area contributed by atoms with Crippen molar-refractivity contribution in [2.24, 2.45) is 0 Å². The number of unbranched alkanes of at least 4 members (excludes halogenated alkanes) is 2. The Morgan fingerprint density at radius 1 is 1.31 bits per heavy atom. The fourth-order valence-electron chi connectivity index (χ4n) is 0.961. The molecule has 0 atom stereocenters. The second kappa shape index (κ2) is 8.08. The number of nitrogens with zero attached hydrogens (tertiary/aromatic N) is 1. The van der Waals surface area contributed by atoms with Crippen LogP contribution in [-0.4, -0.2) is 10.7 Å². The first-order valence-corrected chi connectivity index (χ1v) is 5.46. The molecule has 1 rings (SSSR count). The molecule has 0 aliphatic carbocycles. The van der Waals surface area contributed by atoms with E-state index in [4.69, 9.17) is 0 Å². The summed E-state index contributed by atoms with van der Waals surface area (Å²) < 4.78 is 0. The van der Waals surface area contributed by atoms with Gasteiger partial charge in [-0.1, -0.05) is 25.8 Å². The van der Waals surface area contributed by atoms with Crippen LogP contribution in [0.4, 0.5) is 0 Å². The first-order chi connectivity index (χ1) is 5.93. The zero-order valence-electron chi connectivity index (χ0n) is 8.20. The predicted molar refractivity (Wildman–Crippen MR) is 59.5 cm³/mol. The average molecular weight is 198 g/mol. The highest BCUT2D eigenvalue weighted by atomic mass is 32.2. The van der Waals surface area contributed by atoms with Crippen molar-refractivity contribution in [3.63, 3.8) is 0 Å². The quantitative estimate of drug-likeness (QED) is 0.581. The van der Waals surface area contributed by atoms with E-state index in [1.54, 1.807) is 0 Å². The third kappa shape index (κ3) is 5.66. The van der Waals surface area contributed by atoms with E-state index in [2.05, 4.69) is 18.0 Å². The molecule has 0 aromatic carbocycles. The highest BCUT2D eigenvalue weighted by Gasteiger charge is 1.92. The van der Waals surface area contributed by atoms with Crippen LogP contribution in [0.15, 0.2) is 29.4 Å². The lowest BCUT2D eigenvalue weighted by molar-refractivity contribution is 0.778. The maximum atomic E-state index is 4.24. The molecule has 0 fully saturated rings. The standard InChI is InChI=1S/C10H15NS.H3N/c1-2-3-6-9-12-10-7-4-5-8-11-10;/h4-5,7-8H,2-3,6,9H2,1H3;1H3. The van der Waals surface area contributed by atoms with Crippen molar-refractivity contribution in [3.8, 4) is 0 Å². The average Bonchev–Trinajstić information content (AvgIpc) is 2.14. The van der Waals surface area contributed by atoms with Gasteiger partial charge in [-0.3, -0.25) is 0 Å². The normalized spacial score (nSPS) is 9.31. The third-order valence-corrected chi connectivity index (χ3v) is 2.67. The zero-order valence-corrected chi connectivity index (χ0v) is 9.02. The molecule has 0 saturated heterocycles. The van der Waals surface area contributed by atoms with Crippen LogP contribution >= 0.6 is 11.8 Å². The lowest BCUT2D eigenvalue weighted by Gasteiger charge is -1.98. The van der Waals surface area contributed by atoms with Crippen LogP contribution in [-0.2, 0) is 0 Å². The molecule has 0 unspecified atom stereocenters. The Labute approximate surface area is 84.7 Å². The van der Waals surface area contributed by atoms with Crippen molar-refractivity contribution in [2.45, 2.75) is 31.2 Å². The summed E-state index contributed by atoms with van der Waals surface area (Å²) in [7, 11) is 0. The number of rotatable bonds is 5. The Balaban J connectivity index is 0.00000144. The van der Waals surface area contributed by atoms with Crippen molar-refractivity contribution in [3.05, 3.63) is 24.4 Å². The highest BCUT2D eigenvalue weighted by molar-refractivity contribution is 7.99. The summed E-state index contributed by atoms with van der Waals surface area (Å²) in [5.41, 5.74) is 0. The van der Waals surface area contributed by atoms with Crippen LogP contribution < -0.4 is 6.15 Å². The second-order valence-corrected chi connectivity index (χ2v) is 3.84. The molecule has 3 N–H and O–H groups in total. The van der Waals surface area contributed by atoms with Gasteiger partial charge in [-0.05, 0) is 24.3 Å². The summed E-state index contributed by atoms with van der Waals surface area (Å²) in [6.45, 7) is 2.23. The first-order valence-electron chi connectivity index (χ1n) is 4.47. The van der Waals surface area contributed by atoms with Crippen LogP contribution in [0.1, 0.15) is 26.2 Å². The lowest BCUT2D eigenvalue weighted by Crippen LogP contribution is -1.81. The number of pyridine rings is 1. The highest BCUT2D eigenvalue weighted by Crippen LogP contribution is 2.15. The fourth-order valence-corrected chi connectivity index (χ4v) is 1.83. The van der Waals surface area contributed by atoms with E-state index in [1.165, 1.54) is 25.0 Å². The van der Waals surface area contributed by atoms with E-state index in [9.17, 15) is 0 Å². The van der Waals surface area contributed by atoms with Crippen molar-refractivity contribution >= 4 is 11.8 Å². The molecule has 0 radical (unpaired) electrons. The van der Waals surface area contributed by atoms with Crippen LogP contribution in [0.25, 0.3) is 0 Å².